The highest BCUT2D eigenvalue weighted by Gasteiger charge is 2.18. The van der Waals surface area contributed by atoms with Crippen LogP contribution in [-0.2, 0) is 33.6 Å². The Morgan fingerprint density at radius 3 is 2.50 bits per heavy atom. The van der Waals surface area contributed by atoms with Crippen molar-refractivity contribution in [2.45, 2.75) is 15.8 Å². The van der Waals surface area contributed by atoms with Gasteiger partial charge < -0.3 is 9.73 Å². The maximum atomic E-state index is 12.7. The highest BCUT2D eigenvalue weighted by atomic mass is 35.5. The number of primary sulfonamides is 1. The Labute approximate surface area is 202 Å². The van der Waals surface area contributed by atoms with E-state index in [1.165, 1.54) is 37.4 Å². The average Bonchev–Trinajstić information content (AvgIpc) is 3.12. The minimum atomic E-state index is -4.15. The van der Waals surface area contributed by atoms with Crippen LogP contribution in [0, 0.1) is 0 Å². The third kappa shape index (κ3) is 5.20. The van der Waals surface area contributed by atoms with Gasteiger partial charge in [0.15, 0.2) is 0 Å². The first-order chi connectivity index (χ1) is 15.9. The van der Waals surface area contributed by atoms with Crippen molar-refractivity contribution in [3.63, 3.8) is 0 Å². The van der Waals surface area contributed by atoms with Crippen molar-refractivity contribution in [3.8, 4) is 0 Å². The molecule has 3 N–H and O–H groups in total. The minimum Gasteiger partial charge on any atom is -0.423 e. The van der Waals surface area contributed by atoms with E-state index in [-0.39, 0.29) is 16.2 Å². The summed E-state index contributed by atoms with van der Waals surface area (Å²) in [5.41, 5.74) is 1.12. The van der Waals surface area contributed by atoms with E-state index in [0.29, 0.717) is 38.6 Å². The number of aromatic nitrogens is 2. The molecule has 0 aliphatic heterocycles. The Morgan fingerprint density at radius 1 is 1.15 bits per heavy atom. The van der Waals surface area contributed by atoms with E-state index in [9.17, 15) is 21.6 Å². The van der Waals surface area contributed by atoms with Crippen LogP contribution >= 0.6 is 22.9 Å². The lowest BCUT2D eigenvalue weighted by molar-refractivity contribution is 0.559. The number of nitrogens with one attached hydrogen (secondary N) is 1. The van der Waals surface area contributed by atoms with E-state index in [4.69, 9.17) is 21.2 Å². The molecule has 4 rings (SSSR count). The van der Waals surface area contributed by atoms with Crippen LogP contribution < -0.4 is 20.9 Å². The fourth-order valence-electron chi connectivity index (χ4n) is 2.97. The second-order valence-electron chi connectivity index (χ2n) is 6.99. The molecule has 15 heteroatoms. The number of anilines is 1. The summed E-state index contributed by atoms with van der Waals surface area (Å²) in [6, 6.07) is 12.1. The zero-order chi connectivity index (χ0) is 24.7. The lowest BCUT2D eigenvalue weighted by Crippen LogP contribution is -2.15. The van der Waals surface area contributed by atoms with Gasteiger partial charge in [0, 0.05) is 41.8 Å². The molecule has 4 aromatic rings. The highest BCUT2D eigenvalue weighted by molar-refractivity contribution is 7.91. The molecule has 0 fully saturated rings. The Kier molecular flexibility index (Phi) is 6.35. The van der Waals surface area contributed by atoms with Crippen LogP contribution in [0.25, 0.3) is 11.0 Å². The van der Waals surface area contributed by atoms with Gasteiger partial charge in [0.05, 0.1) is 4.90 Å². The number of nitrogens with zero attached hydrogens (tertiary/aromatic N) is 3. The minimum absolute atomic E-state index is 0.107. The molecule has 11 nitrogen and oxygen atoms in total. The molecule has 0 bridgehead atoms. The molecule has 2 aromatic heterocycles. The molecule has 2 heterocycles. The lowest BCUT2D eigenvalue weighted by Gasteiger charge is -2.09. The Bertz CT molecular complexity index is 1740. The molecule has 0 aliphatic carbocycles. The number of hydrogen-bond donors (Lipinski definition) is 2. The first-order valence-electron chi connectivity index (χ1n) is 9.36. The number of rotatable bonds is 6. The second-order valence-corrected chi connectivity index (χ2v) is 11.7. The smallest absolute Gasteiger partial charge is 0.336 e. The molecule has 178 valence electrons. The predicted molar refractivity (Wildman–Crippen MR) is 126 cm³/mol. The highest BCUT2D eigenvalue weighted by Crippen LogP contribution is 2.23. The molecule has 0 amide bonds. The molecule has 2 aromatic carbocycles. The van der Waals surface area contributed by atoms with E-state index in [1.54, 1.807) is 18.2 Å². The Morgan fingerprint density at radius 2 is 1.85 bits per heavy atom. The molecule has 0 atom stereocenters. The van der Waals surface area contributed by atoms with Gasteiger partial charge in [-0.2, -0.15) is 8.42 Å². The summed E-state index contributed by atoms with van der Waals surface area (Å²) in [5, 5.41) is 13.0. The fraction of sp³-hybridized carbons (Fsp3) is 0.105. The SMILES string of the molecule is Cn1nc(S(N)(=O)=O)s/c1=N/S(=O)(=O)c1ccc(NCc2cc(=O)oc3cc(Cl)ccc23)cc1. The quantitative estimate of drug-likeness (QED) is 0.348. The van der Waals surface area contributed by atoms with Gasteiger partial charge in [-0.1, -0.05) is 22.9 Å². The van der Waals surface area contributed by atoms with Crippen molar-refractivity contribution in [2.75, 3.05) is 5.32 Å². The first kappa shape index (κ1) is 24.1. The number of hydrogen-bond acceptors (Lipinski definition) is 9. The van der Waals surface area contributed by atoms with Crippen LogP contribution in [0.2, 0.25) is 5.02 Å². The Hall–Kier alpha value is -3.04. The van der Waals surface area contributed by atoms with Crippen molar-refractivity contribution in [2.24, 2.45) is 16.6 Å². The van der Waals surface area contributed by atoms with Gasteiger partial charge in [-0.25, -0.2) is 23.0 Å². The van der Waals surface area contributed by atoms with E-state index >= 15 is 0 Å². The molecule has 0 saturated heterocycles. The summed E-state index contributed by atoms with van der Waals surface area (Å²) in [7, 11) is -6.88. The molecule has 0 unspecified atom stereocenters. The number of halogens is 1. The fourth-order valence-corrected chi connectivity index (χ4v) is 5.90. The van der Waals surface area contributed by atoms with Gasteiger partial charge in [-0.15, -0.1) is 9.50 Å². The zero-order valence-corrected chi connectivity index (χ0v) is 20.5. The van der Waals surface area contributed by atoms with Crippen LogP contribution in [0.3, 0.4) is 0 Å². The van der Waals surface area contributed by atoms with Crippen LogP contribution in [-0.4, -0.2) is 26.6 Å². The molecule has 0 saturated carbocycles. The summed E-state index contributed by atoms with van der Waals surface area (Å²) < 4.78 is 57.6. The van der Waals surface area contributed by atoms with E-state index in [1.807, 2.05) is 0 Å². The third-order valence-electron chi connectivity index (χ3n) is 4.56. The number of benzene rings is 2. The lowest BCUT2D eigenvalue weighted by atomic mass is 10.1. The summed E-state index contributed by atoms with van der Waals surface area (Å²) in [6.45, 7) is 0.271. The van der Waals surface area contributed by atoms with Gasteiger partial charge in [0.25, 0.3) is 20.0 Å². The summed E-state index contributed by atoms with van der Waals surface area (Å²) >= 11 is 6.50. The topological polar surface area (TPSA) is 167 Å². The van der Waals surface area contributed by atoms with Crippen molar-refractivity contribution in [1.29, 1.82) is 0 Å². The zero-order valence-electron chi connectivity index (χ0n) is 17.3. The largest absolute Gasteiger partial charge is 0.423 e. The van der Waals surface area contributed by atoms with Crippen molar-refractivity contribution < 1.29 is 21.3 Å². The summed E-state index contributed by atoms with van der Waals surface area (Å²) in [4.78, 5) is 11.6. The van der Waals surface area contributed by atoms with E-state index in [2.05, 4.69) is 14.8 Å². The second kappa shape index (κ2) is 8.96. The maximum absolute atomic E-state index is 12.7. The summed E-state index contributed by atoms with van der Waals surface area (Å²) in [5.74, 6) is 0. The summed E-state index contributed by atoms with van der Waals surface area (Å²) in [6.07, 6.45) is 0. The van der Waals surface area contributed by atoms with E-state index in [0.717, 1.165) is 4.68 Å². The molecule has 0 aliphatic rings. The predicted octanol–water partition coefficient (Wildman–Crippen LogP) is 1.79. The number of aryl methyl sites for hydroxylation is 1. The molecular formula is C19H16ClN5O6S3. The van der Waals surface area contributed by atoms with Crippen molar-refractivity contribution in [3.05, 3.63) is 74.3 Å². The van der Waals surface area contributed by atoms with Gasteiger partial charge in [0.2, 0.25) is 9.14 Å². The molecular weight excluding hydrogens is 526 g/mol. The number of nitrogens with two attached hydrogens (primary N) is 1. The average molecular weight is 542 g/mol. The van der Waals surface area contributed by atoms with Crippen LogP contribution in [0.5, 0.6) is 0 Å². The van der Waals surface area contributed by atoms with E-state index < -0.39 is 30.0 Å². The van der Waals surface area contributed by atoms with Gasteiger partial charge in [-0.3, -0.25) is 0 Å². The van der Waals surface area contributed by atoms with Gasteiger partial charge in [0.1, 0.15) is 5.58 Å². The third-order valence-corrected chi connectivity index (χ3v) is 8.50. The molecule has 0 spiro atoms. The Balaban J connectivity index is 1.57. The van der Waals surface area contributed by atoms with Crippen molar-refractivity contribution >= 4 is 59.6 Å². The van der Waals surface area contributed by atoms with Crippen LogP contribution in [0.15, 0.2) is 71.4 Å². The molecule has 0 radical (unpaired) electrons. The van der Waals surface area contributed by atoms with Gasteiger partial charge in [-0.05, 0) is 42.0 Å². The monoisotopic (exact) mass is 541 g/mol. The van der Waals surface area contributed by atoms with Crippen molar-refractivity contribution in [1.82, 2.24) is 9.78 Å². The number of fused-ring (bicyclic) bond motifs is 1. The number of sulfonamides is 2. The standard InChI is InChI=1S/C19H16ClN5O6S3/c1-25-18(32-19(23-25)33(21,27)28)24-34(29,30)14-5-3-13(4-6-14)22-10-11-8-17(26)31-16-9-12(20)2-7-15(11)16/h2-9,22H,10H2,1H3,(H2,21,27,28)/b24-18+. The van der Waals surface area contributed by atoms with Gasteiger partial charge >= 0.3 is 5.63 Å². The van der Waals surface area contributed by atoms with Crippen LogP contribution in [0.4, 0.5) is 5.69 Å². The maximum Gasteiger partial charge on any atom is 0.336 e. The first-order valence-corrected chi connectivity index (χ1v) is 13.5. The molecule has 34 heavy (non-hydrogen) atoms. The van der Waals surface area contributed by atoms with Crippen LogP contribution in [0.1, 0.15) is 5.56 Å². The normalized spacial score (nSPS) is 12.9.